The molecule has 2 aromatic carbocycles. The fourth-order valence-corrected chi connectivity index (χ4v) is 4.88. The molecule has 2 aromatic rings. The number of benzene rings is 2. The molecule has 0 saturated carbocycles. The number of sulfone groups is 1. The summed E-state index contributed by atoms with van der Waals surface area (Å²) in [5.74, 6) is -0.798. The molecular weight excluding hydrogens is 341 g/mol. The highest BCUT2D eigenvalue weighted by molar-refractivity contribution is 7.91. The van der Waals surface area contributed by atoms with E-state index in [4.69, 9.17) is 0 Å². The van der Waals surface area contributed by atoms with Crippen LogP contribution in [0.5, 0.6) is 0 Å². The minimum Gasteiger partial charge on any atom is -0.338 e. The van der Waals surface area contributed by atoms with Crippen molar-refractivity contribution in [1.29, 1.82) is 0 Å². The van der Waals surface area contributed by atoms with Gasteiger partial charge in [-0.2, -0.15) is 0 Å². The summed E-state index contributed by atoms with van der Waals surface area (Å²) in [6.45, 7) is 0.943. The second-order valence-electron chi connectivity index (χ2n) is 6.36. The minimum atomic E-state index is -3.38. The smallest absolute Gasteiger partial charge is 0.253 e. The van der Waals surface area contributed by atoms with Gasteiger partial charge in [-0.3, -0.25) is 4.79 Å². The number of hydrogen-bond donors (Lipinski definition) is 0. The first-order chi connectivity index (χ1) is 12.0. The number of rotatable bonds is 4. The zero-order valence-electron chi connectivity index (χ0n) is 13.8. The molecule has 1 aliphatic rings. The van der Waals surface area contributed by atoms with Gasteiger partial charge in [-0.05, 0) is 49.1 Å². The van der Waals surface area contributed by atoms with E-state index in [1.165, 1.54) is 18.2 Å². The third kappa shape index (κ3) is 4.25. The molecule has 1 amide bonds. The van der Waals surface area contributed by atoms with Crippen LogP contribution in [0.15, 0.2) is 59.5 Å². The number of carbonyl (C=O) groups excluding carboxylic acids is 1. The Hall–Kier alpha value is -2.21. The van der Waals surface area contributed by atoms with Crippen molar-refractivity contribution >= 4 is 15.7 Å². The van der Waals surface area contributed by atoms with Gasteiger partial charge in [0.15, 0.2) is 9.84 Å². The minimum absolute atomic E-state index is 0.0178. The van der Waals surface area contributed by atoms with Gasteiger partial charge in [0.2, 0.25) is 0 Å². The van der Waals surface area contributed by atoms with Gasteiger partial charge in [0.1, 0.15) is 5.82 Å². The first kappa shape index (κ1) is 17.6. The van der Waals surface area contributed by atoms with E-state index in [2.05, 4.69) is 0 Å². The molecule has 0 radical (unpaired) electrons. The molecule has 132 valence electrons. The molecule has 1 unspecified atom stereocenters. The van der Waals surface area contributed by atoms with Gasteiger partial charge >= 0.3 is 0 Å². The van der Waals surface area contributed by atoms with Crippen LogP contribution in [0.2, 0.25) is 0 Å². The quantitative estimate of drug-likeness (QED) is 0.841. The molecule has 4 nitrogen and oxygen atoms in total. The molecule has 0 aliphatic carbocycles. The first-order valence-corrected chi connectivity index (χ1v) is 9.93. The standard InChI is InChI=1S/C19H20FNO3S/c20-17-8-4-7-16(12-17)19(22)21-11-5-6-15(13-21)14-25(23,24)18-9-2-1-3-10-18/h1-4,7-10,12,15H,5-6,11,13-14H2. The van der Waals surface area contributed by atoms with Gasteiger partial charge in [0.05, 0.1) is 10.6 Å². The molecule has 1 aliphatic heterocycles. The van der Waals surface area contributed by atoms with Crippen LogP contribution in [0, 0.1) is 11.7 Å². The zero-order chi connectivity index (χ0) is 17.9. The normalized spacial score (nSPS) is 18.1. The lowest BCUT2D eigenvalue weighted by Crippen LogP contribution is -2.41. The third-order valence-corrected chi connectivity index (χ3v) is 6.34. The lowest BCUT2D eigenvalue weighted by atomic mass is 9.99. The fraction of sp³-hybridized carbons (Fsp3) is 0.316. The van der Waals surface area contributed by atoms with Crippen LogP contribution < -0.4 is 0 Å². The molecule has 3 rings (SSSR count). The number of halogens is 1. The Morgan fingerprint density at radius 1 is 1.12 bits per heavy atom. The summed E-state index contributed by atoms with van der Waals surface area (Å²) in [6.07, 6.45) is 1.51. The SMILES string of the molecule is O=C(c1cccc(F)c1)N1CCCC(CS(=O)(=O)c2ccccc2)C1. The van der Waals surface area contributed by atoms with Crippen LogP contribution in [0.25, 0.3) is 0 Å². The first-order valence-electron chi connectivity index (χ1n) is 8.28. The van der Waals surface area contributed by atoms with Crippen molar-refractivity contribution in [3.05, 3.63) is 66.0 Å². The van der Waals surface area contributed by atoms with E-state index in [9.17, 15) is 17.6 Å². The summed E-state index contributed by atoms with van der Waals surface area (Å²) in [5.41, 5.74) is 0.298. The number of amides is 1. The van der Waals surface area contributed by atoms with Gasteiger partial charge in [-0.15, -0.1) is 0 Å². The van der Waals surface area contributed by atoms with Crippen molar-refractivity contribution in [3.63, 3.8) is 0 Å². The molecule has 1 heterocycles. The molecule has 1 fully saturated rings. The average molecular weight is 361 g/mol. The van der Waals surface area contributed by atoms with Gasteiger partial charge < -0.3 is 4.90 Å². The second-order valence-corrected chi connectivity index (χ2v) is 8.40. The maximum Gasteiger partial charge on any atom is 0.253 e. The summed E-state index contributed by atoms with van der Waals surface area (Å²) in [4.78, 5) is 14.5. The molecule has 25 heavy (non-hydrogen) atoms. The van der Waals surface area contributed by atoms with Crippen molar-refractivity contribution in [3.8, 4) is 0 Å². The van der Waals surface area contributed by atoms with Gasteiger partial charge in [-0.25, -0.2) is 12.8 Å². The Kier molecular flexibility index (Phi) is 5.18. The number of hydrogen-bond acceptors (Lipinski definition) is 3. The Bertz CT molecular complexity index is 852. The Balaban J connectivity index is 1.70. The number of piperidine rings is 1. The topological polar surface area (TPSA) is 54.5 Å². The van der Waals surface area contributed by atoms with Crippen molar-refractivity contribution in [1.82, 2.24) is 4.90 Å². The highest BCUT2D eigenvalue weighted by atomic mass is 32.2. The molecule has 0 spiro atoms. The van der Waals surface area contributed by atoms with Crippen LogP contribution in [-0.2, 0) is 9.84 Å². The van der Waals surface area contributed by atoms with Gasteiger partial charge in [0.25, 0.3) is 5.91 Å². The highest BCUT2D eigenvalue weighted by Crippen LogP contribution is 2.23. The lowest BCUT2D eigenvalue weighted by molar-refractivity contribution is 0.0684. The lowest BCUT2D eigenvalue weighted by Gasteiger charge is -2.32. The van der Waals surface area contributed by atoms with Crippen LogP contribution >= 0.6 is 0 Å². The number of nitrogens with zero attached hydrogens (tertiary/aromatic N) is 1. The fourth-order valence-electron chi connectivity index (χ4n) is 3.22. The predicted octanol–water partition coefficient (Wildman–Crippen LogP) is 3.15. The summed E-state index contributed by atoms with van der Waals surface area (Å²) in [7, 11) is -3.38. The number of carbonyl (C=O) groups is 1. The van der Waals surface area contributed by atoms with E-state index < -0.39 is 15.7 Å². The van der Waals surface area contributed by atoms with Gasteiger partial charge in [0, 0.05) is 18.7 Å². The van der Waals surface area contributed by atoms with E-state index in [-0.39, 0.29) is 17.6 Å². The zero-order valence-corrected chi connectivity index (χ0v) is 14.6. The van der Waals surface area contributed by atoms with Crippen molar-refractivity contribution < 1.29 is 17.6 Å². The van der Waals surface area contributed by atoms with Crippen molar-refractivity contribution in [2.45, 2.75) is 17.7 Å². The van der Waals surface area contributed by atoms with Crippen LogP contribution in [0.4, 0.5) is 4.39 Å². The van der Waals surface area contributed by atoms with E-state index >= 15 is 0 Å². The Labute approximate surface area is 147 Å². The summed E-state index contributed by atoms with van der Waals surface area (Å²) in [6, 6.07) is 14.0. The molecule has 1 saturated heterocycles. The van der Waals surface area contributed by atoms with Crippen LogP contribution in [-0.4, -0.2) is 38.1 Å². The third-order valence-electron chi connectivity index (χ3n) is 4.44. The van der Waals surface area contributed by atoms with Crippen LogP contribution in [0.1, 0.15) is 23.2 Å². The van der Waals surface area contributed by atoms with Crippen molar-refractivity contribution in [2.75, 3.05) is 18.8 Å². The van der Waals surface area contributed by atoms with Gasteiger partial charge in [-0.1, -0.05) is 24.3 Å². The molecular formula is C19H20FNO3S. The summed E-state index contributed by atoms with van der Waals surface area (Å²) in [5, 5.41) is 0. The van der Waals surface area contributed by atoms with Crippen LogP contribution in [0.3, 0.4) is 0 Å². The summed E-state index contributed by atoms with van der Waals surface area (Å²) >= 11 is 0. The molecule has 0 bridgehead atoms. The molecule has 0 aromatic heterocycles. The maximum absolute atomic E-state index is 13.3. The van der Waals surface area contributed by atoms with E-state index in [1.807, 2.05) is 0 Å². The molecule has 1 atom stereocenters. The van der Waals surface area contributed by atoms with E-state index in [0.29, 0.717) is 23.5 Å². The predicted molar refractivity (Wildman–Crippen MR) is 93.5 cm³/mol. The van der Waals surface area contributed by atoms with Crippen molar-refractivity contribution in [2.24, 2.45) is 5.92 Å². The monoisotopic (exact) mass is 361 g/mol. The van der Waals surface area contributed by atoms with E-state index in [0.717, 1.165) is 12.8 Å². The largest absolute Gasteiger partial charge is 0.338 e. The highest BCUT2D eigenvalue weighted by Gasteiger charge is 2.28. The summed E-state index contributed by atoms with van der Waals surface area (Å²) < 4.78 is 38.4. The average Bonchev–Trinajstić information content (AvgIpc) is 2.62. The Morgan fingerprint density at radius 3 is 2.60 bits per heavy atom. The Morgan fingerprint density at radius 2 is 1.88 bits per heavy atom. The van der Waals surface area contributed by atoms with E-state index in [1.54, 1.807) is 41.3 Å². The molecule has 6 heteroatoms. The number of likely N-dealkylation sites (tertiary alicyclic amines) is 1. The maximum atomic E-state index is 13.3. The second kappa shape index (κ2) is 7.35. The molecule has 0 N–H and O–H groups in total.